The van der Waals surface area contributed by atoms with Crippen molar-refractivity contribution < 1.29 is 13.2 Å². The van der Waals surface area contributed by atoms with E-state index in [0.29, 0.717) is 12.1 Å². The van der Waals surface area contributed by atoms with E-state index in [1.807, 2.05) is 38.1 Å². The van der Waals surface area contributed by atoms with Gasteiger partial charge in [-0.2, -0.15) is 0 Å². The Bertz CT molecular complexity index is 876. The molecule has 25 heavy (non-hydrogen) atoms. The molecule has 0 spiro atoms. The van der Waals surface area contributed by atoms with Gasteiger partial charge in [0.15, 0.2) is 0 Å². The second-order valence-corrected chi connectivity index (χ2v) is 7.80. The molecule has 1 amide bonds. The molecule has 0 aliphatic rings. The van der Waals surface area contributed by atoms with Crippen LogP contribution in [0, 0.1) is 13.8 Å². The van der Waals surface area contributed by atoms with Crippen LogP contribution in [0.2, 0.25) is 0 Å². The highest BCUT2D eigenvalue weighted by molar-refractivity contribution is 7.89. The largest absolute Gasteiger partial charge is 0.345 e. The van der Waals surface area contributed by atoms with Gasteiger partial charge in [0.2, 0.25) is 10.0 Å². The Morgan fingerprint density at radius 1 is 1.08 bits per heavy atom. The number of hydrogen-bond donors (Lipinski definition) is 2. The van der Waals surface area contributed by atoms with Gasteiger partial charge in [0.1, 0.15) is 0 Å². The minimum absolute atomic E-state index is 0.0913. The molecule has 0 heterocycles. The first-order valence-electron chi connectivity index (χ1n) is 8.23. The number of aryl methyl sites for hydroxylation is 2. The quantitative estimate of drug-likeness (QED) is 0.831. The van der Waals surface area contributed by atoms with Crippen molar-refractivity contribution in [3.8, 4) is 0 Å². The number of carbonyl (C=O) groups is 1. The lowest BCUT2D eigenvalue weighted by Gasteiger charge is -2.18. The molecule has 0 aliphatic carbocycles. The highest BCUT2D eigenvalue weighted by Gasteiger charge is 2.19. The second-order valence-electron chi connectivity index (χ2n) is 6.03. The van der Waals surface area contributed by atoms with Gasteiger partial charge in [0.05, 0.1) is 10.9 Å². The van der Waals surface area contributed by atoms with Crippen molar-refractivity contribution in [1.82, 2.24) is 10.0 Å². The maximum absolute atomic E-state index is 12.7. The van der Waals surface area contributed by atoms with Crippen LogP contribution in [0.15, 0.2) is 47.4 Å². The topological polar surface area (TPSA) is 75.3 Å². The highest BCUT2D eigenvalue weighted by atomic mass is 32.2. The molecule has 5 nitrogen and oxygen atoms in total. The summed E-state index contributed by atoms with van der Waals surface area (Å²) in [5.74, 6) is -0.290. The molecule has 1 atom stereocenters. The third-order valence-electron chi connectivity index (χ3n) is 4.10. The lowest BCUT2D eigenvalue weighted by atomic mass is 10.0. The molecule has 0 bridgehead atoms. The highest BCUT2D eigenvalue weighted by Crippen LogP contribution is 2.20. The fourth-order valence-electron chi connectivity index (χ4n) is 2.71. The average Bonchev–Trinajstić information content (AvgIpc) is 2.55. The second kappa shape index (κ2) is 7.80. The van der Waals surface area contributed by atoms with E-state index >= 15 is 0 Å². The first-order valence-corrected chi connectivity index (χ1v) is 9.71. The molecule has 2 aromatic carbocycles. The van der Waals surface area contributed by atoms with E-state index < -0.39 is 10.0 Å². The predicted molar refractivity (Wildman–Crippen MR) is 99.1 cm³/mol. The van der Waals surface area contributed by atoms with Crippen LogP contribution in [0.25, 0.3) is 0 Å². The van der Waals surface area contributed by atoms with Crippen LogP contribution in [0.3, 0.4) is 0 Å². The number of sulfonamides is 1. The number of carbonyl (C=O) groups excluding carboxylic acids is 1. The Morgan fingerprint density at radius 2 is 1.76 bits per heavy atom. The van der Waals surface area contributed by atoms with Gasteiger partial charge < -0.3 is 5.32 Å². The maximum Gasteiger partial charge on any atom is 0.252 e. The molecular weight excluding hydrogens is 336 g/mol. The lowest BCUT2D eigenvalue weighted by Crippen LogP contribution is -2.28. The van der Waals surface area contributed by atoms with Crippen LogP contribution < -0.4 is 10.0 Å². The fourth-order valence-corrected chi connectivity index (χ4v) is 3.78. The van der Waals surface area contributed by atoms with Crippen molar-refractivity contribution in [1.29, 1.82) is 0 Å². The number of hydrogen-bond acceptors (Lipinski definition) is 3. The maximum atomic E-state index is 12.7. The zero-order chi connectivity index (χ0) is 18.6. The van der Waals surface area contributed by atoms with Gasteiger partial charge >= 0.3 is 0 Å². The van der Waals surface area contributed by atoms with Crippen molar-refractivity contribution in [2.45, 2.75) is 38.6 Å². The summed E-state index contributed by atoms with van der Waals surface area (Å²) in [7, 11) is -3.60. The summed E-state index contributed by atoms with van der Waals surface area (Å²) in [4.78, 5) is 12.8. The number of benzene rings is 2. The molecule has 2 aromatic rings. The molecule has 134 valence electrons. The third kappa shape index (κ3) is 4.46. The zero-order valence-electron chi connectivity index (χ0n) is 15.0. The fraction of sp³-hybridized carbons (Fsp3) is 0.316. The minimum Gasteiger partial charge on any atom is -0.345 e. The first kappa shape index (κ1) is 19.1. The Balaban J connectivity index is 2.29. The van der Waals surface area contributed by atoms with Crippen LogP contribution in [-0.4, -0.2) is 20.9 Å². The summed E-state index contributed by atoms with van der Waals surface area (Å²) < 4.78 is 26.8. The Morgan fingerprint density at radius 3 is 2.40 bits per heavy atom. The molecular formula is C19H24N2O3S. The van der Waals surface area contributed by atoms with Crippen molar-refractivity contribution in [2.75, 3.05) is 6.54 Å². The first-order chi connectivity index (χ1) is 11.8. The summed E-state index contributed by atoms with van der Waals surface area (Å²) in [5.41, 5.74) is 3.21. The molecule has 0 saturated carbocycles. The summed E-state index contributed by atoms with van der Waals surface area (Å²) in [6.45, 7) is 7.70. The predicted octanol–water partition coefficient (Wildman–Crippen LogP) is 3.09. The van der Waals surface area contributed by atoms with Gasteiger partial charge in [0, 0.05) is 12.1 Å². The summed E-state index contributed by atoms with van der Waals surface area (Å²) in [6, 6.07) is 12.3. The van der Waals surface area contributed by atoms with Crippen molar-refractivity contribution in [3.63, 3.8) is 0 Å². The van der Waals surface area contributed by atoms with E-state index in [1.54, 1.807) is 19.9 Å². The molecule has 0 aromatic heterocycles. The van der Waals surface area contributed by atoms with Crippen LogP contribution >= 0.6 is 0 Å². The zero-order valence-corrected chi connectivity index (χ0v) is 15.8. The van der Waals surface area contributed by atoms with Gasteiger partial charge in [-0.05, 0) is 49.6 Å². The number of rotatable bonds is 6. The summed E-state index contributed by atoms with van der Waals surface area (Å²) in [5, 5.41) is 2.95. The van der Waals surface area contributed by atoms with Crippen LogP contribution in [-0.2, 0) is 10.0 Å². The third-order valence-corrected chi connectivity index (χ3v) is 5.64. The normalized spacial score (nSPS) is 12.6. The van der Waals surface area contributed by atoms with Crippen molar-refractivity contribution in [3.05, 3.63) is 64.7 Å². The van der Waals surface area contributed by atoms with Gasteiger partial charge in [0.25, 0.3) is 5.91 Å². The van der Waals surface area contributed by atoms with E-state index in [1.165, 1.54) is 12.1 Å². The van der Waals surface area contributed by atoms with Gasteiger partial charge in [-0.1, -0.05) is 37.3 Å². The molecule has 2 rings (SSSR count). The lowest BCUT2D eigenvalue weighted by molar-refractivity contribution is 0.0939. The van der Waals surface area contributed by atoms with E-state index in [2.05, 4.69) is 10.0 Å². The molecule has 1 unspecified atom stereocenters. The Labute approximate surface area is 149 Å². The van der Waals surface area contributed by atoms with Crippen molar-refractivity contribution >= 4 is 15.9 Å². The standard InChI is InChI=1S/C19H24N2O3S/c1-5-20-25(23,24)16-11-10-14(3)18(12-16)19(22)21-15(4)17-9-7-6-8-13(17)2/h6-12,15,20H,5H2,1-4H3,(H,21,22). The SMILES string of the molecule is CCNS(=O)(=O)c1ccc(C)c(C(=O)NC(C)c2ccccc2C)c1. The Kier molecular flexibility index (Phi) is 5.98. The van der Waals surface area contributed by atoms with Crippen LogP contribution in [0.1, 0.15) is 46.9 Å². The molecule has 0 saturated heterocycles. The van der Waals surface area contributed by atoms with Gasteiger partial charge in [-0.3, -0.25) is 4.79 Å². The van der Waals surface area contributed by atoms with Gasteiger partial charge in [-0.15, -0.1) is 0 Å². The average molecular weight is 360 g/mol. The van der Waals surface area contributed by atoms with E-state index in [-0.39, 0.29) is 16.8 Å². The molecule has 0 aliphatic heterocycles. The van der Waals surface area contributed by atoms with Crippen LogP contribution in [0.5, 0.6) is 0 Å². The molecule has 0 fully saturated rings. The summed E-state index contributed by atoms with van der Waals surface area (Å²) in [6.07, 6.45) is 0. The van der Waals surface area contributed by atoms with E-state index in [4.69, 9.17) is 0 Å². The summed E-state index contributed by atoms with van der Waals surface area (Å²) >= 11 is 0. The minimum atomic E-state index is -3.60. The van der Waals surface area contributed by atoms with Gasteiger partial charge in [-0.25, -0.2) is 13.1 Å². The number of nitrogens with one attached hydrogen (secondary N) is 2. The van der Waals surface area contributed by atoms with E-state index in [0.717, 1.165) is 16.7 Å². The molecule has 6 heteroatoms. The van der Waals surface area contributed by atoms with Crippen LogP contribution in [0.4, 0.5) is 0 Å². The number of amides is 1. The molecule has 2 N–H and O–H groups in total. The Hall–Kier alpha value is -2.18. The monoisotopic (exact) mass is 360 g/mol. The van der Waals surface area contributed by atoms with E-state index in [9.17, 15) is 13.2 Å². The van der Waals surface area contributed by atoms with Crippen molar-refractivity contribution in [2.24, 2.45) is 0 Å². The smallest absolute Gasteiger partial charge is 0.252 e. The molecule has 0 radical (unpaired) electrons.